The van der Waals surface area contributed by atoms with Gasteiger partial charge in [0.05, 0.1) is 7.11 Å². The van der Waals surface area contributed by atoms with Crippen molar-refractivity contribution >= 4 is 5.82 Å². The van der Waals surface area contributed by atoms with E-state index in [0.29, 0.717) is 23.1 Å². The van der Waals surface area contributed by atoms with Crippen LogP contribution in [0.4, 0.5) is 5.82 Å². The van der Waals surface area contributed by atoms with Crippen LogP contribution in [0.3, 0.4) is 0 Å². The molecule has 0 spiro atoms. The summed E-state index contributed by atoms with van der Waals surface area (Å²) in [4.78, 5) is 13.1. The molecule has 2 aromatic rings. The minimum absolute atomic E-state index is 0.490. The van der Waals surface area contributed by atoms with Crippen molar-refractivity contribution in [2.45, 2.75) is 20.3 Å². The largest absolute Gasteiger partial charge is 0.494 e. The maximum atomic E-state index is 5.91. The van der Waals surface area contributed by atoms with Crippen molar-refractivity contribution in [1.82, 2.24) is 15.0 Å². The first-order valence-corrected chi connectivity index (χ1v) is 5.79. The monoisotopic (exact) mass is 244 g/mol. The van der Waals surface area contributed by atoms with Crippen molar-refractivity contribution in [3.05, 3.63) is 29.7 Å². The maximum Gasteiger partial charge on any atom is 0.146 e. The van der Waals surface area contributed by atoms with Crippen molar-refractivity contribution in [3.8, 4) is 17.1 Å². The smallest absolute Gasteiger partial charge is 0.146 e. The van der Waals surface area contributed by atoms with Crippen molar-refractivity contribution in [2.24, 2.45) is 0 Å². The highest BCUT2D eigenvalue weighted by Gasteiger charge is 2.14. The van der Waals surface area contributed by atoms with E-state index in [1.807, 2.05) is 26.0 Å². The standard InChI is InChI=1S/C13H16N4O/c1-4-10-16-11(8(2)13(14)17-10)12-9(18-3)6-5-7-15-12/h5-7H,4H2,1-3H3,(H2,14,16,17). The minimum atomic E-state index is 0.490. The van der Waals surface area contributed by atoms with Gasteiger partial charge in [0.15, 0.2) is 0 Å². The minimum Gasteiger partial charge on any atom is -0.494 e. The normalized spacial score (nSPS) is 10.4. The summed E-state index contributed by atoms with van der Waals surface area (Å²) >= 11 is 0. The molecule has 0 aromatic carbocycles. The quantitative estimate of drug-likeness (QED) is 0.893. The molecule has 5 heteroatoms. The molecule has 2 aromatic heterocycles. The molecule has 2 N–H and O–H groups in total. The van der Waals surface area contributed by atoms with Crippen LogP contribution in [0.5, 0.6) is 5.75 Å². The molecule has 0 fully saturated rings. The molecule has 2 rings (SSSR count). The molecule has 0 saturated carbocycles. The average Bonchev–Trinajstić information content (AvgIpc) is 2.41. The lowest BCUT2D eigenvalue weighted by molar-refractivity contribution is 0.414. The zero-order valence-corrected chi connectivity index (χ0v) is 10.8. The molecule has 0 radical (unpaired) electrons. The Hall–Kier alpha value is -2.17. The maximum absolute atomic E-state index is 5.91. The fraction of sp³-hybridized carbons (Fsp3) is 0.308. The van der Waals surface area contributed by atoms with Crippen LogP contribution in [0.15, 0.2) is 18.3 Å². The number of ether oxygens (including phenoxy) is 1. The summed E-state index contributed by atoms with van der Waals surface area (Å²) in [5, 5.41) is 0. The van der Waals surface area contributed by atoms with Gasteiger partial charge in [-0.15, -0.1) is 0 Å². The Balaban J connectivity index is 2.66. The van der Waals surface area contributed by atoms with Gasteiger partial charge in [0.25, 0.3) is 0 Å². The number of methoxy groups -OCH3 is 1. The highest BCUT2D eigenvalue weighted by molar-refractivity contribution is 5.69. The molecular weight excluding hydrogens is 228 g/mol. The van der Waals surface area contributed by atoms with Crippen LogP contribution in [0, 0.1) is 6.92 Å². The molecule has 0 atom stereocenters. The zero-order chi connectivity index (χ0) is 13.1. The molecule has 0 amide bonds. The molecule has 0 bridgehead atoms. The van der Waals surface area contributed by atoms with Crippen molar-refractivity contribution in [1.29, 1.82) is 0 Å². The van der Waals surface area contributed by atoms with Crippen molar-refractivity contribution < 1.29 is 4.74 Å². The van der Waals surface area contributed by atoms with E-state index in [1.54, 1.807) is 13.3 Å². The number of nitrogens with zero attached hydrogens (tertiary/aromatic N) is 3. The summed E-state index contributed by atoms with van der Waals surface area (Å²) in [5.74, 6) is 1.88. The number of aryl methyl sites for hydroxylation is 1. The van der Waals surface area contributed by atoms with Gasteiger partial charge in [-0.05, 0) is 19.1 Å². The van der Waals surface area contributed by atoms with Gasteiger partial charge >= 0.3 is 0 Å². The number of anilines is 1. The molecule has 5 nitrogen and oxygen atoms in total. The summed E-state index contributed by atoms with van der Waals surface area (Å²) < 4.78 is 5.30. The summed E-state index contributed by atoms with van der Waals surface area (Å²) in [6.07, 6.45) is 2.44. The van der Waals surface area contributed by atoms with Gasteiger partial charge in [0.1, 0.15) is 28.8 Å². The first-order chi connectivity index (χ1) is 8.67. The van der Waals surface area contributed by atoms with Gasteiger partial charge in [-0.1, -0.05) is 6.92 Å². The number of rotatable bonds is 3. The second-order valence-corrected chi connectivity index (χ2v) is 3.91. The Morgan fingerprint density at radius 3 is 2.72 bits per heavy atom. The summed E-state index contributed by atoms with van der Waals surface area (Å²) in [7, 11) is 1.61. The number of nitrogen functional groups attached to an aromatic ring is 1. The molecule has 0 aliphatic carbocycles. The van der Waals surface area contributed by atoms with Crippen LogP contribution in [0.1, 0.15) is 18.3 Å². The van der Waals surface area contributed by atoms with Crippen LogP contribution in [-0.4, -0.2) is 22.1 Å². The lowest BCUT2D eigenvalue weighted by Gasteiger charge is -2.11. The average molecular weight is 244 g/mol. The number of nitrogens with two attached hydrogens (primary N) is 1. The molecule has 2 heterocycles. The fourth-order valence-electron chi connectivity index (χ4n) is 1.70. The van der Waals surface area contributed by atoms with Gasteiger partial charge in [-0.3, -0.25) is 4.98 Å². The number of aromatic nitrogens is 3. The predicted octanol–water partition coefficient (Wildman–Crippen LogP) is 2.00. The summed E-state index contributed by atoms with van der Waals surface area (Å²) in [6.45, 7) is 3.88. The molecule has 18 heavy (non-hydrogen) atoms. The van der Waals surface area contributed by atoms with Gasteiger partial charge < -0.3 is 10.5 Å². The third-order valence-corrected chi connectivity index (χ3v) is 2.76. The lowest BCUT2D eigenvalue weighted by atomic mass is 10.1. The Labute approximate surface area is 106 Å². The molecule has 94 valence electrons. The van der Waals surface area contributed by atoms with Gasteiger partial charge in [0, 0.05) is 18.2 Å². The van der Waals surface area contributed by atoms with Crippen LogP contribution in [0.25, 0.3) is 11.4 Å². The second kappa shape index (κ2) is 5.00. The third kappa shape index (κ3) is 2.11. The van der Waals surface area contributed by atoms with Gasteiger partial charge in [-0.2, -0.15) is 0 Å². The van der Waals surface area contributed by atoms with E-state index in [-0.39, 0.29) is 0 Å². The molecular formula is C13H16N4O. The number of hydrogen-bond acceptors (Lipinski definition) is 5. The molecule has 0 saturated heterocycles. The second-order valence-electron chi connectivity index (χ2n) is 3.91. The number of hydrogen-bond donors (Lipinski definition) is 1. The molecule has 0 aliphatic rings. The van der Waals surface area contributed by atoms with Gasteiger partial charge in [-0.25, -0.2) is 9.97 Å². The van der Waals surface area contributed by atoms with E-state index in [9.17, 15) is 0 Å². The van der Waals surface area contributed by atoms with Gasteiger partial charge in [0.2, 0.25) is 0 Å². The van der Waals surface area contributed by atoms with Crippen LogP contribution in [0.2, 0.25) is 0 Å². The Morgan fingerprint density at radius 1 is 1.28 bits per heavy atom. The van der Waals surface area contributed by atoms with Crippen LogP contribution < -0.4 is 10.5 Å². The Morgan fingerprint density at radius 2 is 2.06 bits per heavy atom. The predicted molar refractivity (Wildman–Crippen MR) is 70.3 cm³/mol. The van der Waals surface area contributed by atoms with E-state index in [1.165, 1.54) is 0 Å². The third-order valence-electron chi connectivity index (χ3n) is 2.76. The van der Waals surface area contributed by atoms with Crippen LogP contribution in [-0.2, 0) is 6.42 Å². The summed E-state index contributed by atoms with van der Waals surface area (Å²) in [6, 6.07) is 3.68. The highest BCUT2D eigenvalue weighted by atomic mass is 16.5. The fourth-order valence-corrected chi connectivity index (χ4v) is 1.70. The SMILES string of the molecule is CCc1nc(N)c(C)c(-c2ncccc2OC)n1. The molecule has 0 aliphatic heterocycles. The summed E-state index contributed by atoms with van der Waals surface area (Å²) in [5.41, 5.74) is 8.16. The zero-order valence-electron chi connectivity index (χ0n) is 10.8. The van der Waals surface area contributed by atoms with Crippen molar-refractivity contribution in [3.63, 3.8) is 0 Å². The van der Waals surface area contributed by atoms with E-state index >= 15 is 0 Å². The van der Waals surface area contributed by atoms with E-state index in [0.717, 1.165) is 17.7 Å². The van der Waals surface area contributed by atoms with E-state index in [4.69, 9.17) is 10.5 Å². The first kappa shape index (κ1) is 12.3. The van der Waals surface area contributed by atoms with Crippen molar-refractivity contribution in [2.75, 3.05) is 12.8 Å². The van der Waals surface area contributed by atoms with Crippen LogP contribution >= 0.6 is 0 Å². The number of pyridine rings is 1. The topological polar surface area (TPSA) is 73.9 Å². The van der Waals surface area contributed by atoms with E-state index < -0.39 is 0 Å². The molecule has 0 unspecified atom stereocenters. The Kier molecular flexibility index (Phi) is 3.41. The lowest BCUT2D eigenvalue weighted by Crippen LogP contribution is -2.05. The Bertz CT molecular complexity index is 569. The highest BCUT2D eigenvalue weighted by Crippen LogP contribution is 2.29. The first-order valence-electron chi connectivity index (χ1n) is 5.79. The van der Waals surface area contributed by atoms with E-state index in [2.05, 4.69) is 15.0 Å².